The quantitative estimate of drug-likeness (QED) is 0.346. The molecule has 2 amide bonds. The van der Waals surface area contributed by atoms with Crippen molar-refractivity contribution in [1.29, 1.82) is 0 Å². The molecular formula is C29H28F4N4O3S. The first-order valence-electron chi connectivity index (χ1n) is 13.1. The number of carbonyl (C=O) groups excluding carboxylic acids is 2. The molecule has 0 saturated carbocycles. The summed E-state index contributed by atoms with van der Waals surface area (Å²) < 4.78 is 58.3. The van der Waals surface area contributed by atoms with E-state index in [1.165, 1.54) is 33.4 Å². The number of rotatable bonds is 8. The van der Waals surface area contributed by atoms with Crippen LogP contribution in [-0.4, -0.2) is 78.3 Å². The number of alkyl halides is 3. The third-order valence-corrected chi connectivity index (χ3v) is 8.01. The normalized spacial score (nSPS) is 17.9. The van der Waals surface area contributed by atoms with E-state index in [0.717, 1.165) is 29.1 Å². The third-order valence-electron chi connectivity index (χ3n) is 7.09. The molecule has 1 atom stereocenters. The fourth-order valence-electron chi connectivity index (χ4n) is 4.84. The maximum atomic E-state index is 13.8. The van der Waals surface area contributed by atoms with Crippen LogP contribution in [0.15, 0.2) is 71.1 Å². The Balaban J connectivity index is 1.39. The van der Waals surface area contributed by atoms with Crippen molar-refractivity contribution < 1.29 is 31.9 Å². The second kappa shape index (κ2) is 12.5. The highest BCUT2D eigenvalue weighted by Gasteiger charge is 2.35. The van der Waals surface area contributed by atoms with Crippen molar-refractivity contribution in [3.05, 3.63) is 93.4 Å². The van der Waals surface area contributed by atoms with E-state index in [4.69, 9.17) is 4.74 Å². The molecule has 0 N–H and O–H groups in total. The number of halogens is 4. The number of carbonyl (C=O) groups is 2. The van der Waals surface area contributed by atoms with E-state index < -0.39 is 35.4 Å². The number of hydrogen-bond donors (Lipinski definition) is 0. The van der Waals surface area contributed by atoms with Crippen LogP contribution < -0.4 is 0 Å². The van der Waals surface area contributed by atoms with Gasteiger partial charge in [-0.3, -0.25) is 14.5 Å². The number of hydrogen-bond acceptors (Lipinski definition) is 6. The lowest BCUT2D eigenvalue weighted by atomic mass is 10.0. The van der Waals surface area contributed by atoms with Crippen molar-refractivity contribution in [2.75, 3.05) is 45.9 Å². The van der Waals surface area contributed by atoms with Gasteiger partial charge < -0.3 is 9.64 Å². The fourth-order valence-corrected chi connectivity index (χ4v) is 5.56. The molecule has 0 bridgehead atoms. The zero-order valence-electron chi connectivity index (χ0n) is 22.0. The Hall–Kier alpha value is -3.61. The molecule has 0 radical (unpaired) electrons. The summed E-state index contributed by atoms with van der Waals surface area (Å²) >= 11 is 1.49. The lowest BCUT2D eigenvalue weighted by Crippen LogP contribution is -2.46. The molecule has 1 fully saturated rings. The third kappa shape index (κ3) is 7.00. The summed E-state index contributed by atoms with van der Waals surface area (Å²) in [6.45, 7) is 2.77. The Morgan fingerprint density at radius 2 is 1.73 bits per heavy atom. The Kier molecular flexibility index (Phi) is 8.81. The number of thiophene rings is 1. The molecule has 0 aliphatic carbocycles. The average molecular weight is 589 g/mol. The summed E-state index contributed by atoms with van der Waals surface area (Å²) in [4.78, 5) is 31.6. The molecule has 2 aliphatic heterocycles. The maximum Gasteiger partial charge on any atom is 0.416 e. The van der Waals surface area contributed by atoms with Crippen molar-refractivity contribution in [3.8, 4) is 0 Å². The van der Waals surface area contributed by atoms with Crippen molar-refractivity contribution in [2.45, 2.75) is 18.6 Å². The van der Waals surface area contributed by atoms with Gasteiger partial charge in [0.25, 0.3) is 11.8 Å². The van der Waals surface area contributed by atoms with Gasteiger partial charge in [-0.15, -0.1) is 11.3 Å². The summed E-state index contributed by atoms with van der Waals surface area (Å²) in [5, 5.41) is 7.86. The average Bonchev–Trinajstić information content (AvgIpc) is 3.66. The van der Waals surface area contributed by atoms with E-state index in [1.807, 2.05) is 17.5 Å². The SMILES string of the molecule is O=C(c1ccc(C(F)(F)F)cc1)N(CCN1CCOCC1)CC(=O)N1N=C(c2cccs2)C[C@H]1c1ccc(F)cc1. The van der Waals surface area contributed by atoms with Crippen LogP contribution in [0.4, 0.5) is 17.6 Å². The van der Waals surface area contributed by atoms with Gasteiger partial charge in [-0.2, -0.15) is 18.3 Å². The molecule has 0 spiro atoms. The summed E-state index contributed by atoms with van der Waals surface area (Å²) in [7, 11) is 0. The van der Waals surface area contributed by atoms with Gasteiger partial charge in [0, 0.05) is 38.2 Å². The first-order chi connectivity index (χ1) is 19.7. The van der Waals surface area contributed by atoms with Crippen molar-refractivity contribution >= 4 is 28.9 Å². The van der Waals surface area contributed by atoms with Gasteiger partial charge >= 0.3 is 6.18 Å². The standard InChI is InChI=1S/C29H28F4N4O3S/c30-23-9-5-20(6-10-23)25-18-24(26-2-1-17-41-26)34-37(25)27(38)19-36(12-11-35-13-15-40-16-14-35)28(39)21-3-7-22(8-4-21)29(31,32)33/h1-10,17,25H,11-16,18-19H2/t25-/m0/s1. The fraction of sp³-hybridized carbons (Fsp3) is 0.345. The molecule has 41 heavy (non-hydrogen) atoms. The van der Waals surface area contributed by atoms with Gasteiger partial charge in [-0.1, -0.05) is 18.2 Å². The van der Waals surface area contributed by atoms with E-state index in [2.05, 4.69) is 10.0 Å². The Morgan fingerprint density at radius 3 is 2.37 bits per heavy atom. The molecule has 5 rings (SSSR count). The van der Waals surface area contributed by atoms with Crippen LogP contribution in [0.3, 0.4) is 0 Å². The highest BCUT2D eigenvalue weighted by Crippen LogP contribution is 2.34. The van der Waals surface area contributed by atoms with Gasteiger partial charge in [-0.05, 0) is 53.4 Å². The number of amides is 2. The highest BCUT2D eigenvalue weighted by molar-refractivity contribution is 7.12. The van der Waals surface area contributed by atoms with E-state index in [0.29, 0.717) is 50.5 Å². The molecule has 3 heterocycles. The predicted octanol–water partition coefficient (Wildman–Crippen LogP) is 5.06. The van der Waals surface area contributed by atoms with Crippen LogP contribution in [0.1, 0.15) is 38.8 Å². The van der Waals surface area contributed by atoms with Crippen LogP contribution in [0.25, 0.3) is 0 Å². The monoisotopic (exact) mass is 588 g/mol. The molecule has 216 valence electrons. The maximum absolute atomic E-state index is 13.8. The van der Waals surface area contributed by atoms with Gasteiger partial charge in [0.1, 0.15) is 12.4 Å². The zero-order valence-corrected chi connectivity index (χ0v) is 22.8. The molecule has 7 nitrogen and oxygen atoms in total. The van der Waals surface area contributed by atoms with Crippen LogP contribution in [0.5, 0.6) is 0 Å². The minimum atomic E-state index is -4.53. The van der Waals surface area contributed by atoms with Crippen LogP contribution in [-0.2, 0) is 15.7 Å². The molecule has 3 aromatic rings. The molecule has 2 aromatic carbocycles. The lowest BCUT2D eigenvalue weighted by Gasteiger charge is -2.31. The predicted molar refractivity (Wildman–Crippen MR) is 146 cm³/mol. The second-order valence-electron chi connectivity index (χ2n) is 9.79. The second-order valence-corrected chi connectivity index (χ2v) is 10.7. The van der Waals surface area contributed by atoms with Crippen LogP contribution in [0.2, 0.25) is 0 Å². The summed E-state index contributed by atoms with van der Waals surface area (Å²) in [5.41, 5.74) is 0.590. The van der Waals surface area contributed by atoms with Crippen molar-refractivity contribution in [2.24, 2.45) is 5.10 Å². The van der Waals surface area contributed by atoms with E-state index in [-0.39, 0.29) is 18.7 Å². The first-order valence-corrected chi connectivity index (χ1v) is 14.0. The van der Waals surface area contributed by atoms with Crippen LogP contribution >= 0.6 is 11.3 Å². The van der Waals surface area contributed by atoms with Gasteiger partial charge in [0.15, 0.2) is 0 Å². The first kappa shape index (κ1) is 28.9. The zero-order chi connectivity index (χ0) is 29.0. The number of ether oxygens (including phenoxy) is 1. The minimum absolute atomic E-state index is 0.0482. The molecule has 1 saturated heterocycles. The number of morpholine rings is 1. The Labute approximate surface area is 238 Å². The number of benzene rings is 2. The lowest BCUT2D eigenvalue weighted by molar-refractivity contribution is -0.137. The van der Waals surface area contributed by atoms with E-state index >= 15 is 0 Å². The van der Waals surface area contributed by atoms with E-state index in [9.17, 15) is 27.2 Å². The number of hydrazone groups is 1. The number of nitrogens with zero attached hydrogens (tertiary/aromatic N) is 4. The molecule has 1 aromatic heterocycles. The topological polar surface area (TPSA) is 65.5 Å². The van der Waals surface area contributed by atoms with E-state index in [1.54, 1.807) is 12.1 Å². The van der Waals surface area contributed by atoms with Crippen LogP contribution in [0, 0.1) is 5.82 Å². The summed E-state index contributed by atoms with van der Waals surface area (Å²) in [5.74, 6) is -1.41. The Bertz CT molecular complexity index is 1370. The summed E-state index contributed by atoms with van der Waals surface area (Å²) in [6, 6.07) is 13.1. The molecule has 2 aliphatic rings. The largest absolute Gasteiger partial charge is 0.416 e. The smallest absolute Gasteiger partial charge is 0.379 e. The Morgan fingerprint density at radius 1 is 1.02 bits per heavy atom. The van der Waals surface area contributed by atoms with Gasteiger partial charge in [0.05, 0.1) is 35.4 Å². The molecule has 12 heteroatoms. The molecular weight excluding hydrogens is 560 g/mol. The minimum Gasteiger partial charge on any atom is -0.379 e. The summed E-state index contributed by atoms with van der Waals surface area (Å²) in [6.07, 6.45) is -4.12. The van der Waals surface area contributed by atoms with Crippen molar-refractivity contribution in [3.63, 3.8) is 0 Å². The highest BCUT2D eigenvalue weighted by atomic mass is 32.1. The van der Waals surface area contributed by atoms with Crippen molar-refractivity contribution in [1.82, 2.24) is 14.8 Å². The molecule has 0 unspecified atom stereocenters. The van der Waals surface area contributed by atoms with Gasteiger partial charge in [0.2, 0.25) is 0 Å². The van der Waals surface area contributed by atoms with Gasteiger partial charge in [-0.25, -0.2) is 9.40 Å².